The molecule has 0 fully saturated rings. The van der Waals surface area contributed by atoms with Crippen molar-refractivity contribution in [3.8, 4) is 5.75 Å². The molecule has 0 radical (unpaired) electrons. The smallest absolute Gasteiger partial charge is 0.343 e. The van der Waals surface area contributed by atoms with E-state index in [4.69, 9.17) is 39.5 Å². The molecule has 0 bridgehead atoms. The van der Waals surface area contributed by atoms with Crippen molar-refractivity contribution in [2.24, 2.45) is 0 Å². The molecular formula is C23H13Cl3N2O4. The molecule has 1 aliphatic heterocycles. The van der Waals surface area contributed by atoms with Crippen molar-refractivity contribution in [1.29, 1.82) is 0 Å². The monoisotopic (exact) mass is 486 g/mol. The standard InChI is InChI=1S/C23H13Cl3N2O4/c24-14-4-3-5-16(12-14)32-23(31)13-8-10-15(11-9-13)27-20-19(26)21(29)28(22(20)30)18-7-2-1-6-17(18)25/h1-12,27H. The number of halogens is 3. The molecule has 1 aliphatic rings. The molecule has 160 valence electrons. The van der Waals surface area contributed by atoms with E-state index in [1.165, 1.54) is 18.2 Å². The summed E-state index contributed by atoms with van der Waals surface area (Å²) in [5.74, 6) is -1.59. The van der Waals surface area contributed by atoms with Gasteiger partial charge in [-0.15, -0.1) is 0 Å². The summed E-state index contributed by atoms with van der Waals surface area (Å²) in [5.41, 5.74) is 0.866. The molecule has 32 heavy (non-hydrogen) atoms. The number of esters is 1. The number of nitrogens with one attached hydrogen (secondary N) is 1. The van der Waals surface area contributed by atoms with Gasteiger partial charge in [0.1, 0.15) is 16.5 Å². The average molecular weight is 488 g/mol. The summed E-state index contributed by atoms with van der Waals surface area (Å²) < 4.78 is 5.28. The zero-order valence-corrected chi connectivity index (χ0v) is 18.4. The van der Waals surface area contributed by atoms with Crippen LogP contribution in [0, 0.1) is 0 Å². The maximum absolute atomic E-state index is 12.8. The lowest BCUT2D eigenvalue weighted by molar-refractivity contribution is -0.120. The summed E-state index contributed by atoms with van der Waals surface area (Å²) in [5, 5.41) is 3.26. The second kappa shape index (κ2) is 9.04. The van der Waals surface area contributed by atoms with Crippen LogP contribution in [0.2, 0.25) is 10.0 Å². The summed E-state index contributed by atoms with van der Waals surface area (Å²) in [7, 11) is 0. The van der Waals surface area contributed by atoms with Crippen LogP contribution in [0.15, 0.2) is 83.5 Å². The third kappa shape index (κ3) is 4.34. The zero-order chi connectivity index (χ0) is 22.8. The molecule has 0 spiro atoms. The quantitative estimate of drug-likeness (QED) is 0.286. The van der Waals surface area contributed by atoms with E-state index in [2.05, 4.69) is 5.32 Å². The lowest BCUT2D eigenvalue weighted by Crippen LogP contribution is -2.32. The fourth-order valence-corrected chi connectivity index (χ4v) is 3.61. The number of ether oxygens (including phenoxy) is 1. The number of anilines is 2. The molecule has 0 unspecified atom stereocenters. The highest BCUT2D eigenvalue weighted by molar-refractivity contribution is 6.53. The van der Waals surface area contributed by atoms with Crippen molar-refractivity contribution < 1.29 is 19.1 Å². The van der Waals surface area contributed by atoms with Crippen LogP contribution in [0.25, 0.3) is 0 Å². The Labute approximate surface area is 197 Å². The first kappa shape index (κ1) is 21.9. The van der Waals surface area contributed by atoms with E-state index in [0.29, 0.717) is 16.5 Å². The predicted molar refractivity (Wildman–Crippen MR) is 123 cm³/mol. The fourth-order valence-electron chi connectivity index (χ4n) is 2.99. The van der Waals surface area contributed by atoms with E-state index in [0.717, 1.165) is 4.90 Å². The van der Waals surface area contributed by atoms with Crippen LogP contribution in [0.4, 0.5) is 11.4 Å². The molecule has 2 amide bonds. The van der Waals surface area contributed by atoms with Gasteiger partial charge in [-0.1, -0.05) is 53.0 Å². The molecule has 3 aromatic rings. The van der Waals surface area contributed by atoms with Crippen LogP contribution in [0.3, 0.4) is 0 Å². The van der Waals surface area contributed by atoms with Crippen molar-refractivity contribution in [2.75, 3.05) is 10.2 Å². The summed E-state index contributed by atoms with van der Waals surface area (Å²) in [6.07, 6.45) is 0. The number of nitrogens with zero attached hydrogens (tertiary/aromatic N) is 1. The number of hydrogen-bond donors (Lipinski definition) is 1. The van der Waals surface area contributed by atoms with Gasteiger partial charge in [0.2, 0.25) is 0 Å². The van der Waals surface area contributed by atoms with Crippen molar-refractivity contribution >= 4 is 64.0 Å². The number of carbonyl (C=O) groups is 3. The Hall–Kier alpha value is -3.32. The summed E-state index contributed by atoms with van der Waals surface area (Å²) in [4.78, 5) is 38.6. The largest absolute Gasteiger partial charge is 0.423 e. The van der Waals surface area contributed by atoms with Crippen LogP contribution in [-0.2, 0) is 9.59 Å². The van der Waals surface area contributed by atoms with Gasteiger partial charge in [-0.25, -0.2) is 9.69 Å². The molecule has 1 N–H and O–H groups in total. The van der Waals surface area contributed by atoms with Gasteiger partial charge in [-0.2, -0.15) is 0 Å². The van der Waals surface area contributed by atoms with Gasteiger partial charge in [0.15, 0.2) is 0 Å². The maximum atomic E-state index is 12.8. The van der Waals surface area contributed by atoms with Crippen molar-refractivity contribution in [3.05, 3.63) is 99.1 Å². The highest BCUT2D eigenvalue weighted by atomic mass is 35.5. The Morgan fingerprint density at radius 3 is 2.25 bits per heavy atom. The predicted octanol–water partition coefficient (Wildman–Crippen LogP) is 5.65. The van der Waals surface area contributed by atoms with E-state index >= 15 is 0 Å². The molecular weight excluding hydrogens is 475 g/mol. The summed E-state index contributed by atoms with van der Waals surface area (Å²) in [6.45, 7) is 0. The first-order valence-electron chi connectivity index (χ1n) is 9.23. The molecule has 0 aliphatic carbocycles. The van der Waals surface area contributed by atoms with E-state index in [9.17, 15) is 14.4 Å². The topological polar surface area (TPSA) is 75.7 Å². The summed E-state index contributed by atoms with van der Waals surface area (Å²) in [6, 6.07) is 19.1. The number of imide groups is 1. The number of benzene rings is 3. The lowest BCUT2D eigenvalue weighted by Gasteiger charge is -2.16. The van der Waals surface area contributed by atoms with E-state index in [-0.39, 0.29) is 27.0 Å². The molecule has 1 heterocycles. The molecule has 0 saturated carbocycles. The Kier molecular flexibility index (Phi) is 6.19. The highest BCUT2D eigenvalue weighted by Crippen LogP contribution is 2.34. The summed E-state index contributed by atoms with van der Waals surface area (Å²) >= 11 is 18.1. The Balaban J connectivity index is 1.49. The lowest BCUT2D eigenvalue weighted by atomic mass is 10.2. The minimum absolute atomic E-state index is 0.0918. The van der Waals surface area contributed by atoms with Gasteiger partial charge >= 0.3 is 5.97 Å². The Morgan fingerprint density at radius 2 is 1.56 bits per heavy atom. The van der Waals surface area contributed by atoms with Gasteiger partial charge in [-0.05, 0) is 54.6 Å². The molecule has 3 aromatic carbocycles. The Morgan fingerprint density at radius 1 is 0.844 bits per heavy atom. The first-order chi connectivity index (χ1) is 15.3. The maximum Gasteiger partial charge on any atom is 0.343 e. The molecule has 0 atom stereocenters. The fraction of sp³-hybridized carbons (Fsp3) is 0. The van der Waals surface area contributed by atoms with Crippen molar-refractivity contribution in [3.63, 3.8) is 0 Å². The minimum Gasteiger partial charge on any atom is -0.423 e. The first-order valence-corrected chi connectivity index (χ1v) is 10.4. The second-order valence-corrected chi connectivity index (χ2v) is 7.86. The highest BCUT2D eigenvalue weighted by Gasteiger charge is 2.39. The van der Waals surface area contributed by atoms with Gasteiger partial charge in [0, 0.05) is 10.7 Å². The minimum atomic E-state index is -0.686. The van der Waals surface area contributed by atoms with Gasteiger partial charge < -0.3 is 10.1 Å². The van der Waals surface area contributed by atoms with Gasteiger partial charge in [0.05, 0.1) is 16.3 Å². The number of rotatable bonds is 5. The normalized spacial score (nSPS) is 13.5. The van der Waals surface area contributed by atoms with Crippen LogP contribution < -0.4 is 15.0 Å². The van der Waals surface area contributed by atoms with Gasteiger partial charge in [0.25, 0.3) is 11.8 Å². The Bertz CT molecular complexity index is 1270. The molecule has 9 heteroatoms. The van der Waals surface area contributed by atoms with Crippen LogP contribution in [-0.4, -0.2) is 17.8 Å². The number of para-hydroxylation sites is 1. The number of amides is 2. The third-order valence-corrected chi connectivity index (χ3v) is 5.42. The molecule has 0 aromatic heterocycles. The van der Waals surface area contributed by atoms with Crippen LogP contribution in [0.1, 0.15) is 10.4 Å². The van der Waals surface area contributed by atoms with E-state index < -0.39 is 17.8 Å². The molecule has 0 saturated heterocycles. The van der Waals surface area contributed by atoms with Gasteiger partial charge in [-0.3, -0.25) is 9.59 Å². The zero-order valence-electron chi connectivity index (χ0n) is 16.1. The SMILES string of the molecule is O=C(Oc1cccc(Cl)c1)c1ccc(NC2=C(Cl)C(=O)N(c3ccccc3Cl)C2=O)cc1. The number of carbonyl (C=O) groups excluding carboxylic acids is 3. The second-order valence-electron chi connectivity index (χ2n) is 6.64. The van der Waals surface area contributed by atoms with Crippen molar-refractivity contribution in [1.82, 2.24) is 0 Å². The average Bonchev–Trinajstić information content (AvgIpc) is 2.98. The molecule has 4 rings (SSSR count). The number of hydrogen-bond acceptors (Lipinski definition) is 5. The van der Waals surface area contributed by atoms with E-state index in [1.54, 1.807) is 54.6 Å². The van der Waals surface area contributed by atoms with Crippen LogP contribution >= 0.6 is 34.8 Å². The van der Waals surface area contributed by atoms with E-state index in [1.807, 2.05) is 0 Å². The van der Waals surface area contributed by atoms with Crippen LogP contribution in [0.5, 0.6) is 5.75 Å². The molecule has 6 nitrogen and oxygen atoms in total. The third-order valence-electron chi connectivity index (χ3n) is 4.52. The van der Waals surface area contributed by atoms with Crippen molar-refractivity contribution in [2.45, 2.75) is 0 Å².